The molecular formula is C12H19ClN2. The zero-order chi connectivity index (χ0) is 11.5. The third-order valence-electron chi connectivity index (χ3n) is 3.05. The van der Waals surface area contributed by atoms with Gasteiger partial charge in [0.1, 0.15) is 0 Å². The Balaban J connectivity index is 2.94. The molecule has 0 aliphatic heterocycles. The Morgan fingerprint density at radius 1 is 1.33 bits per heavy atom. The van der Waals surface area contributed by atoms with Gasteiger partial charge in [0.2, 0.25) is 0 Å². The van der Waals surface area contributed by atoms with E-state index in [4.69, 9.17) is 17.3 Å². The van der Waals surface area contributed by atoms with Gasteiger partial charge in [-0.15, -0.1) is 0 Å². The number of halogens is 1. The van der Waals surface area contributed by atoms with Crippen LogP contribution in [0.25, 0.3) is 0 Å². The molecule has 0 atom stereocenters. The minimum absolute atomic E-state index is 0.0821. The normalized spacial score (nSPS) is 11.5. The summed E-state index contributed by atoms with van der Waals surface area (Å²) < 4.78 is 0. The van der Waals surface area contributed by atoms with Crippen molar-refractivity contribution in [1.29, 1.82) is 0 Å². The molecule has 0 bridgehead atoms. The van der Waals surface area contributed by atoms with Crippen LogP contribution in [0.3, 0.4) is 0 Å². The number of nitrogen functional groups attached to an aromatic ring is 1. The van der Waals surface area contributed by atoms with Crippen LogP contribution in [-0.2, 0) is 0 Å². The van der Waals surface area contributed by atoms with E-state index in [2.05, 4.69) is 26.1 Å². The number of hydrogen-bond acceptors (Lipinski definition) is 2. The van der Waals surface area contributed by atoms with Crippen molar-refractivity contribution in [3.63, 3.8) is 0 Å². The lowest BCUT2D eigenvalue weighted by Gasteiger charge is -2.30. The van der Waals surface area contributed by atoms with Gasteiger partial charge in [-0.25, -0.2) is 0 Å². The van der Waals surface area contributed by atoms with Crippen LogP contribution < -0.4 is 11.1 Å². The summed E-state index contributed by atoms with van der Waals surface area (Å²) in [6.07, 6.45) is 2.10. The lowest BCUT2D eigenvalue weighted by molar-refractivity contribution is 0.479. The molecule has 0 aromatic heterocycles. The molecule has 1 rings (SSSR count). The van der Waals surface area contributed by atoms with E-state index >= 15 is 0 Å². The van der Waals surface area contributed by atoms with E-state index in [1.807, 2.05) is 12.1 Å². The molecule has 1 aromatic rings. The monoisotopic (exact) mass is 226 g/mol. The van der Waals surface area contributed by atoms with Gasteiger partial charge in [-0.2, -0.15) is 0 Å². The maximum atomic E-state index is 5.96. The minimum Gasteiger partial charge on any atom is -0.396 e. The highest BCUT2D eigenvalue weighted by atomic mass is 35.5. The summed E-state index contributed by atoms with van der Waals surface area (Å²) in [6.45, 7) is 6.52. The Bertz CT molecular complexity index is 332. The fourth-order valence-corrected chi connectivity index (χ4v) is 1.57. The second-order valence-electron chi connectivity index (χ2n) is 4.09. The van der Waals surface area contributed by atoms with Crippen LogP contribution in [0.15, 0.2) is 18.2 Å². The average molecular weight is 227 g/mol. The fourth-order valence-electron chi connectivity index (χ4n) is 1.40. The van der Waals surface area contributed by atoms with Gasteiger partial charge in [-0.05, 0) is 31.9 Å². The van der Waals surface area contributed by atoms with Crippen molar-refractivity contribution >= 4 is 23.0 Å². The van der Waals surface area contributed by atoms with Crippen molar-refractivity contribution in [2.75, 3.05) is 11.1 Å². The van der Waals surface area contributed by atoms with Crippen molar-refractivity contribution in [2.24, 2.45) is 0 Å². The van der Waals surface area contributed by atoms with E-state index in [9.17, 15) is 0 Å². The Morgan fingerprint density at radius 3 is 2.47 bits per heavy atom. The number of nitrogens with one attached hydrogen (secondary N) is 1. The molecule has 15 heavy (non-hydrogen) atoms. The molecule has 0 radical (unpaired) electrons. The second-order valence-corrected chi connectivity index (χ2v) is 4.50. The van der Waals surface area contributed by atoms with Crippen LogP contribution >= 0.6 is 11.6 Å². The highest BCUT2D eigenvalue weighted by Gasteiger charge is 2.20. The number of hydrogen-bond donors (Lipinski definition) is 2. The Kier molecular flexibility index (Phi) is 3.86. The summed E-state index contributed by atoms with van der Waals surface area (Å²) in [5.41, 5.74) is 7.54. The first-order valence-electron chi connectivity index (χ1n) is 5.34. The summed E-state index contributed by atoms with van der Waals surface area (Å²) in [7, 11) is 0. The molecule has 0 unspecified atom stereocenters. The average Bonchev–Trinajstić information content (AvgIpc) is 2.25. The third-order valence-corrected chi connectivity index (χ3v) is 3.38. The Morgan fingerprint density at radius 2 is 1.93 bits per heavy atom. The standard InChI is InChI=1S/C12H19ClN2/c1-4-12(3,5-2)15-10-8-6-7-9(13)11(10)14/h6-8,15H,4-5,14H2,1-3H3. The van der Waals surface area contributed by atoms with Gasteiger partial charge in [-0.1, -0.05) is 31.5 Å². The molecule has 3 heteroatoms. The summed E-state index contributed by atoms with van der Waals surface area (Å²) in [6, 6.07) is 5.68. The minimum atomic E-state index is 0.0821. The first-order chi connectivity index (χ1) is 7.02. The molecule has 0 heterocycles. The summed E-state index contributed by atoms with van der Waals surface area (Å²) in [5.74, 6) is 0. The van der Waals surface area contributed by atoms with E-state index in [1.165, 1.54) is 0 Å². The number of benzene rings is 1. The largest absolute Gasteiger partial charge is 0.396 e. The highest BCUT2D eigenvalue weighted by Crippen LogP contribution is 2.30. The first kappa shape index (κ1) is 12.2. The quantitative estimate of drug-likeness (QED) is 0.764. The van der Waals surface area contributed by atoms with Crippen LogP contribution in [0.4, 0.5) is 11.4 Å². The fraction of sp³-hybridized carbons (Fsp3) is 0.500. The van der Waals surface area contributed by atoms with Crippen LogP contribution in [0.1, 0.15) is 33.6 Å². The smallest absolute Gasteiger partial charge is 0.0739 e. The topological polar surface area (TPSA) is 38.0 Å². The van der Waals surface area contributed by atoms with E-state index in [1.54, 1.807) is 6.07 Å². The molecule has 0 fully saturated rings. The van der Waals surface area contributed by atoms with Gasteiger partial charge in [0, 0.05) is 5.54 Å². The summed E-state index contributed by atoms with van der Waals surface area (Å²) in [4.78, 5) is 0. The lowest BCUT2D eigenvalue weighted by Crippen LogP contribution is -2.33. The van der Waals surface area contributed by atoms with Crippen LogP contribution in [0, 0.1) is 0 Å². The van der Waals surface area contributed by atoms with Crippen molar-refractivity contribution in [3.05, 3.63) is 23.2 Å². The Hall–Kier alpha value is -0.890. The third kappa shape index (κ3) is 2.78. The molecule has 84 valence electrons. The predicted octanol–water partition coefficient (Wildman–Crippen LogP) is 3.91. The maximum Gasteiger partial charge on any atom is 0.0739 e. The predicted molar refractivity (Wildman–Crippen MR) is 68.5 cm³/mol. The molecule has 0 spiro atoms. The SMILES string of the molecule is CCC(C)(CC)Nc1cccc(Cl)c1N. The van der Waals surface area contributed by atoms with Gasteiger partial charge in [-0.3, -0.25) is 0 Å². The zero-order valence-corrected chi connectivity index (χ0v) is 10.4. The van der Waals surface area contributed by atoms with Crippen LogP contribution in [-0.4, -0.2) is 5.54 Å². The maximum absolute atomic E-state index is 5.96. The van der Waals surface area contributed by atoms with Gasteiger partial charge in [0.25, 0.3) is 0 Å². The lowest BCUT2D eigenvalue weighted by atomic mass is 9.95. The summed E-state index contributed by atoms with van der Waals surface area (Å²) in [5, 5.41) is 4.06. The molecule has 0 saturated heterocycles. The molecule has 0 aliphatic carbocycles. The molecule has 0 saturated carbocycles. The van der Waals surface area contributed by atoms with E-state index in [0.29, 0.717) is 10.7 Å². The Labute approximate surface area is 96.8 Å². The van der Waals surface area contributed by atoms with Crippen LogP contribution in [0.2, 0.25) is 5.02 Å². The van der Waals surface area contributed by atoms with E-state index in [0.717, 1.165) is 18.5 Å². The van der Waals surface area contributed by atoms with Gasteiger partial charge >= 0.3 is 0 Å². The molecule has 0 amide bonds. The van der Waals surface area contributed by atoms with Crippen molar-refractivity contribution in [3.8, 4) is 0 Å². The molecule has 3 N–H and O–H groups in total. The number of nitrogens with two attached hydrogens (primary N) is 1. The van der Waals surface area contributed by atoms with Gasteiger partial charge in [0.05, 0.1) is 16.4 Å². The van der Waals surface area contributed by atoms with E-state index in [-0.39, 0.29) is 5.54 Å². The molecule has 2 nitrogen and oxygen atoms in total. The second kappa shape index (κ2) is 4.75. The molecule has 0 aliphatic rings. The molecule has 1 aromatic carbocycles. The molecular weight excluding hydrogens is 208 g/mol. The van der Waals surface area contributed by atoms with Crippen molar-refractivity contribution in [2.45, 2.75) is 39.2 Å². The van der Waals surface area contributed by atoms with Gasteiger partial charge in [0.15, 0.2) is 0 Å². The van der Waals surface area contributed by atoms with Crippen molar-refractivity contribution < 1.29 is 0 Å². The van der Waals surface area contributed by atoms with Crippen molar-refractivity contribution in [1.82, 2.24) is 0 Å². The number of rotatable bonds is 4. The number of para-hydroxylation sites is 1. The van der Waals surface area contributed by atoms with Crippen LogP contribution in [0.5, 0.6) is 0 Å². The summed E-state index contributed by atoms with van der Waals surface area (Å²) >= 11 is 5.96. The zero-order valence-electron chi connectivity index (χ0n) is 9.60. The first-order valence-corrected chi connectivity index (χ1v) is 5.72. The van der Waals surface area contributed by atoms with Gasteiger partial charge < -0.3 is 11.1 Å². The van der Waals surface area contributed by atoms with E-state index < -0.39 is 0 Å². The highest BCUT2D eigenvalue weighted by molar-refractivity contribution is 6.33. The number of anilines is 2.